The molecule has 0 saturated carbocycles. The second kappa shape index (κ2) is 6.49. The number of carbonyl (C=O) groups excluding carboxylic acids is 1. The summed E-state index contributed by atoms with van der Waals surface area (Å²) >= 11 is 1.50. The first kappa shape index (κ1) is 15.5. The molecule has 4 rings (SSSR count). The number of rotatable bonds is 2. The van der Waals surface area contributed by atoms with Crippen LogP contribution in [0.25, 0.3) is 0 Å². The standard InChI is InChI=1S/C17H20N4O2S/c22-15(14-3-1-10-24-14)20-8-9-23-13-17(11-20)4-7-21(12-17)16-18-5-2-6-19-16/h1-3,5-6,10H,4,7-9,11-13H2/t17-/m0/s1. The number of aromatic nitrogens is 2. The van der Waals surface area contributed by atoms with E-state index in [0.29, 0.717) is 19.8 Å². The lowest BCUT2D eigenvalue weighted by atomic mass is 9.87. The number of ether oxygens (including phenoxy) is 1. The average Bonchev–Trinajstić information content (AvgIpc) is 3.24. The van der Waals surface area contributed by atoms with Gasteiger partial charge in [-0.15, -0.1) is 11.3 Å². The zero-order valence-electron chi connectivity index (χ0n) is 13.4. The summed E-state index contributed by atoms with van der Waals surface area (Å²) < 4.78 is 5.86. The summed E-state index contributed by atoms with van der Waals surface area (Å²) in [5.41, 5.74) is -0.0391. The van der Waals surface area contributed by atoms with E-state index in [-0.39, 0.29) is 11.3 Å². The summed E-state index contributed by atoms with van der Waals surface area (Å²) in [6.07, 6.45) is 4.52. The molecule has 2 fully saturated rings. The van der Waals surface area contributed by atoms with E-state index in [1.165, 1.54) is 11.3 Å². The predicted octanol–water partition coefficient (Wildman–Crippen LogP) is 1.91. The fraction of sp³-hybridized carbons (Fsp3) is 0.471. The summed E-state index contributed by atoms with van der Waals surface area (Å²) in [6, 6.07) is 5.64. The van der Waals surface area contributed by atoms with Gasteiger partial charge >= 0.3 is 0 Å². The quantitative estimate of drug-likeness (QED) is 0.833. The van der Waals surface area contributed by atoms with Crippen molar-refractivity contribution >= 4 is 23.2 Å². The van der Waals surface area contributed by atoms with Crippen molar-refractivity contribution < 1.29 is 9.53 Å². The third kappa shape index (κ3) is 3.01. The highest BCUT2D eigenvalue weighted by Gasteiger charge is 2.43. The van der Waals surface area contributed by atoms with Gasteiger partial charge < -0.3 is 14.5 Å². The largest absolute Gasteiger partial charge is 0.379 e. The smallest absolute Gasteiger partial charge is 0.264 e. The van der Waals surface area contributed by atoms with Crippen LogP contribution in [0.3, 0.4) is 0 Å². The van der Waals surface area contributed by atoms with Crippen LogP contribution in [0.15, 0.2) is 36.0 Å². The molecule has 0 aliphatic carbocycles. The lowest BCUT2D eigenvalue weighted by Gasteiger charge is -2.31. The number of hydrogen-bond donors (Lipinski definition) is 0. The number of nitrogens with zero attached hydrogens (tertiary/aromatic N) is 4. The minimum absolute atomic E-state index is 0.0391. The molecular formula is C17H20N4O2S. The van der Waals surface area contributed by atoms with Crippen molar-refractivity contribution in [1.82, 2.24) is 14.9 Å². The molecule has 2 aromatic heterocycles. The summed E-state index contributed by atoms with van der Waals surface area (Å²) in [5, 5.41) is 1.95. The molecule has 0 N–H and O–H groups in total. The van der Waals surface area contributed by atoms with Crippen LogP contribution in [-0.4, -0.2) is 60.2 Å². The zero-order chi connectivity index (χ0) is 16.4. The predicted molar refractivity (Wildman–Crippen MR) is 92.3 cm³/mol. The number of amides is 1. The van der Waals surface area contributed by atoms with Crippen molar-refractivity contribution in [2.45, 2.75) is 6.42 Å². The van der Waals surface area contributed by atoms with Crippen LogP contribution in [0.1, 0.15) is 16.1 Å². The Hall–Kier alpha value is -1.99. The Kier molecular flexibility index (Phi) is 4.20. The van der Waals surface area contributed by atoms with Gasteiger partial charge in [-0.2, -0.15) is 0 Å². The minimum Gasteiger partial charge on any atom is -0.379 e. The van der Waals surface area contributed by atoms with Crippen molar-refractivity contribution in [2.75, 3.05) is 44.3 Å². The van der Waals surface area contributed by atoms with E-state index in [2.05, 4.69) is 14.9 Å². The monoisotopic (exact) mass is 344 g/mol. The van der Waals surface area contributed by atoms with Crippen molar-refractivity contribution in [3.8, 4) is 0 Å². The molecule has 1 atom stereocenters. The van der Waals surface area contributed by atoms with Crippen LogP contribution >= 0.6 is 11.3 Å². The molecule has 7 heteroatoms. The molecule has 0 radical (unpaired) electrons. The molecule has 1 spiro atoms. The first-order valence-electron chi connectivity index (χ1n) is 8.18. The zero-order valence-corrected chi connectivity index (χ0v) is 14.2. The Morgan fingerprint density at radius 3 is 2.88 bits per heavy atom. The molecule has 2 aromatic rings. The van der Waals surface area contributed by atoms with E-state index in [1.807, 2.05) is 28.5 Å². The fourth-order valence-corrected chi connectivity index (χ4v) is 4.22. The summed E-state index contributed by atoms with van der Waals surface area (Å²) in [5.74, 6) is 0.874. The molecule has 4 heterocycles. The number of hydrogen-bond acceptors (Lipinski definition) is 6. The van der Waals surface area contributed by atoms with Crippen LogP contribution < -0.4 is 4.90 Å². The van der Waals surface area contributed by atoms with Crippen LogP contribution in [0.5, 0.6) is 0 Å². The molecule has 126 valence electrons. The first-order chi connectivity index (χ1) is 11.8. The maximum absolute atomic E-state index is 12.7. The minimum atomic E-state index is -0.0391. The molecule has 0 aromatic carbocycles. The fourth-order valence-electron chi connectivity index (χ4n) is 3.53. The highest BCUT2D eigenvalue weighted by molar-refractivity contribution is 7.12. The molecule has 2 saturated heterocycles. The second-order valence-electron chi connectivity index (χ2n) is 6.48. The number of carbonyl (C=O) groups is 1. The lowest BCUT2D eigenvalue weighted by molar-refractivity contribution is 0.0695. The van der Waals surface area contributed by atoms with Gasteiger partial charge in [0.2, 0.25) is 5.95 Å². The molecule has 0 unspecified atom stereocenters. The normalized spacial score (nSPS) is 24.3. The Labute approximate surface area is 145 Å². The summed E-state index contributed by atoms with van der Waals surface area (Å²) in [4.78, 5) is 26.4. The molecule has 1 amide bonds. The molecule has 2 aliphatic rings. The lowest BCUT2D eigenvalue weighted by Crippen LogP contribution is -2.43. The van der Waals surface area contributed by atoms with Gasteiger partial charge in [0.25, 0.3) is 5.91 Å². The van der Waals surface area contributed by atoms with Crippen LogP contribution in [0, 0.1) is 5.41 Å². The van der Waals surface area contributed by atoms with Gasteiger partial charge in [0.1, 0.15) is 0 Å². The van der Waals surface area contributed by atoms with E-state index in [1.54, 1.807) is 12.4 Å². The molecule has 2 aliphatic heterocycles. The van der Waals surface area contributed by atoms with E-state index >= 15 is 0 Å². The second-order valence-corrected chi connectivity index (χ2v) is 7.42. The highest BCUT2D eigenvalue weighted by Crippen LogP contribution is 2.35. The third-order valence-electron chi connectivity index (χ3n) is 4.73. The molecule has 0 bridgehead atoms. The first-order valence-corrected chi connectivity index (χ1v) is 9.06. The maximum Gasteiger partial charge on any atom is 0.264 e. The van der Waals surface area contributed by atoms with Crippen molar-refractivity contribution in [3.63, 3.8) is 0 Å². The molecule has 6 nitrogen and oxygen atoms in total. The van der Waals surface area contributed by atoms with Crippen LogP contribution in [0.2, 0.25) is 0 Å². The summed E-state index contributed by atoms with van der Waals surface area (Å²) in [6.45, 7) is 4.39. The van der Waals surface area contributed by atoms with E-state index in [0.717, 1.165) is 36.9 Å². The van der Waals surface area contributed by atoms with Crippen LogP contribution in [0.4, 0.5) is 5.95 Å². The Balaban J connectivity index is 1.51. The Morgan fingerprint density at radius 1 is 1.21 bits per heavy atom. The number of thiophene rings is 1. The van der Waals surface area contributed by atoms with Gasteiger partial charge in [0.05, 0.1) is 18.1 Å². The van der Waals surface area contributed by atoms with Crippen LogP contribution in [-0.2, 0) is 4.74 Å². The highest BCUT2D eigenvalue weighted by atomic mass is 32.1. The maximum atomic E-state index is 12.7. The van der Waals surface area contributed by atoms with Gasteiger partial charge in [-0.3, -0.25) is 4.79 Å². The van der Waals surface area contributed by atoms with Gasteiger partial charge in [0, 0.05) is 44.0 Å². The Morgan fingerprint density at radius 2 is 2.08 bits per heavy atom. The van der Waals surface area contributed by atoms with E-state index in [4.69, 9.17) is 4.74 Å². The third-order valence-corrected chi connectivity index (χ3v) is 5.59. The van der Waals surface area contributed by atoms with Gasteiger partial charge in [0.15, 0.2) is 0 Å². The van der Waals surface area contributed by atoms with Crippen molar-refractivity contribution in [2.24, 2.45) is 5.41 Å². The molecule has 24 heavy (non-hydrogen) atoms. The SMILES string of the molecule is O=C(c1cccs1)N1CCOC[C@@]2(CCN(c3ncccn3)C2)C1. The summed E-state index contributed by atoms with van der Waals surface area (Å²) in [7, 11) is 0. The van der Waals surface area contributed by atoms with E-state index < -0.39 is 0 Å². The van der Waals surface area contributed by atoms with Gasteiger partial charge in [-0.25, -0.2) is 9.97 Å². The Bertz CT molecular complexity index is 694. The van der Waals surface area contributed by atoms with Gasteiger partial charge in [-0.05, 0) is 23.9 Å². The topological polar surface area (TPSA) is 58.6 Å². The average molecular weight is 344 g/mol. The van der Waals surface area contributed by atoms with Crippen molar-refractivity contribution in [1.29, 1.82) is 0 Å². The number of anilines is 1. The van der Waals surface area contributed by atoms with E-state index in [9.17, 15) is 4.79 Å². The van der Waals surface area contributed by atoms with Crippen molar-refractivity contribution in [3.05, 3.63) is 40.8 Å². The van der Waals surface area contributed by atoms with Gasteiger partial charge in [-0.1, -0.05) is 6.07 Å². The molecular weight excluding hydrogens is 324 g/mol.